The first-order valence-corrected chi connectivity index (χ1v) is 4.00. The molecule has 14 heavy (non-hydrogen) atoms. The monoisotopic (exact) mass is 193 g/mol. The summed E-state index contributed by atoms with van der Waals surface area (Å²) >= 11 is 0. The summed E-state index contributed by atoms with van der Waals surface area (Å²) in [5.74, 6) is 0.721. The summed E-state index contributed by atoms with van der Waals surface area (Å²) in [7, 11) is 0. The Kier molecular flexibility index (Phi) is 3.49. The third-order valence-corrected chi connectivity index (χ3v) is 1.37. The molecule has 2 amide bonds. The molecule has 1 heterocycles. The van der Waals surface area contributed by atoms with Crippen LogP contribution in [0, 0.1) is 0 Å². The summed E-state index contributed by atoms with van der Waals surface area (Å²) in [6.45, 7) is 1.73. The SMILES string of the molecule is CC(C=Cc1ccco1)=NNC(N)=O. The third kappa shape index (κ3) is 3.57. The number of carbonyl (C=O) groups excluding carboxylic acids is 1. The molecule has 0 aliphatic carbocycles. The van der Waals surface area contributed by atoms with Gasteiger partial charge in [-0.2, -0.15) is 5.10 Å². The van der Waals surface area contributed by atoms with E-state index in [0.717, 1.165) is 5.76 Å². The van der Waals surface area contributed by atoms with Gasteiger partial charge in [0.15, 0.2) is 0 Å². The van der Waals surface area contributed by atoms with Crippen molar-refractivity contribution in [3.05, 3.63) is 30.2 Å². The number of allylic oxidation sites excluding steroid dienone is 1. The lowest BCUT2D eigenvalue weighted by atomic mass is 10.3. The van der Waals surface area contributed by atoms with Gasteiger partial charge in [-0.25, -0.2) is 10.2 Å². The molecule has 0 radical (unpaired) electrons. The summed E-state index contributed by atoms with van der Waals surface area (Å²) in [5, 5.41) is 3.69. The van der Waals surface area contributed by atoms with E-state index in [1.165, 1.54) is 0 Å². The number of furan rings is 1. The topological polar surface area (TPSA) is 80.6 Å². The lowest BCUT2D eigenvalue weighted by molar-refractivity contribution is 0.249. The Hall–Kier alpha value is -2.04. The molecular formula is C9H11N3O2. The molecule has 3 N–H and O–H groups in total. The van der Waals surface area contributed by atoms with Gasteiger partial charge in [-0.3, -0.25) is 0 Å². The van der Waals surface area contributed by atoms with Crippen LogP contribution in [0.15, 0.2) is 34.0 Å². The molecule has 0 fully saturated rings. The number of amides is 2. The van der Waals surface area contributed by atoms with Gasteiger partial charge in [0.1, 0.15) is 5.76 Å². The molecule has 5 heteroatoms. The predicted octanol–water partition coefficient (Wildman–Crippen LogP) is 1.34. The summed E-state index contributed by atoms with van der Waals surface area (Å²) < 4.78 is 5.06. The van der Waals surface area contributed by atoms with Crippen LogP contribution >= 0.6 is 0 Å². The Morgan fingerprint density at radius 3 is 3.07 bits per heavy atom. The van der Waals surface area contributed by atoms with Gasteiger partial charge in [0.25, 0.3) is 0 Å². The Morgan fingerprint density at radius 2 is 2.50 bits per heavy atom. The number of nitrogens with zero attached hydrogens (tertiary/aromatic N) is 1. The molecule has 5 nitrogen and oxygen atoms in total. The normalized spacial score (nSPS) is 11.9. The van der Waals surface area contributed by atoms with Crippen molar-refractivity contribution in [2.24, 2.45) is 10.8 Å². The fourth-order valence-electron chi connectivity index (χ4n) is 0.769. The highest BCUT2D eigenvalue weighted by Crippen LogP contribution is 2.01. The molecule has 0 atom stereocenters. The second-order valence-electron chi connectivity index (χ2n) is 2.58. The number of hydrogen-bond donors (Lipinski definition) is 2. The zero-order valence-electron chi connectivity index (χ0n) is 7.73. The van der Waals surface area contributed by atoms with Crippen molar-refractivity contribution in [2.45, 2.75) is 6.92 Å². The van der Waals surface area contributed by atoms with Crippen LogP contribution in [-0.2, 0) is 0 Å². The number of nitrogens with one attached hydrogen (secondary N) is 1. The van der Waals surface area contributed by atoms with Crippen molar-refractivity contribution in [3.63, 3.8) is 0 Å². The number of rotatable bonds is 3. The first-order chi connectivity index (χ1) is 6.68. The molecule has 1 rings (SSSR count). The molecule has 0 spiro atoms. The number of hydrazone groups is 1. The molecular weight excluding hydrogens is 182 g/mol. The average Bonchev–Trinajstić information content (AvgIpc) is 2.63. The van der Waals surface area contributed by atoms with Gasteiger partial charge in [0.2, 0.25) is 0 Å². The Bertz CT molecular complexity index is 352. The highest BCUT2D eigenvalue weighted by molar-refractivity contribution is 5.96. The molecule has 0 bridgehead atoms. The van der Waals surface area contributed by atoms with E-state index in [4.69, 9.17) is 10.2 Å². The van der Waals surface area contributed by atoms with E-state index in [0.29, 0.717) is 5.71 Å². The summed E-state index contributed by atoms with van der Waals surface area (Å²) in [6.07, 6.45) is 5.02. The lowest BCUT2D eigenvalue weighted by Gasteiger charge is -1.92. The maximum absolute atomic E-state index is 10.3. The van der Waals surface area contributed by atoms with Crippen LogP contribution in [0.2, 0.25) is 0 Å². The Balaban J connectivity index is 2.51. The first kappa shape index (κ1) is 10.0. The summed E-state index contributed by atoms with van der Waals surface area (Å²) in [4.78, 5) is 10.3. The van der Waals surface area contributed by atoms with Crippen molar-refractivity contribution in [2.75, 3.05) is 0 Å². The minimum atomic E-state index is -0.684. The van der Waals surface area contributed by atoms with Gasteiger partial charge >= 0.3 is 6.03 Å². The summed E-state index contributed by atoms with van der Waals surface area (Å²) in [5.41, 5.74) is 7.58. The van der Waals surface area contributed by atoms with E-state index >= 15 is 0 Å². The van der Waals surface area contributed by atoms with Crippen LogP contribution < -0.4 is 11.2 Å². The van der Waals surface area contributed by atoms with Gasteiger partial charge in [0.05, 0.1) is 12.0 Å². The Labute approximate surface area is 81.3 Å². The highest BCUT2D eigenvalue weighted by atomic mass is 16.3. The fraction of sp³-hybridized carbons (Fsp3) is 0.111. The number of carbonyl (C=O) groups is 1. The molecule has 0 saturated heterocycles. The Morgan fingerprint density at radius 1 is 1.71 bits per heavy atom. The minimum Gasteiger partial charge on any atom is -0.465 e. The van der Waals surface area contributed by atoms with Crippen molar-refractivity contribution >= 4 is 17.8 Å². The van der Waals surface area contributed by atoms with E-state index in [-0.39, 0.29) is 0 Å². The molecule has 0 aliphatic rings. The summed E-state index contributed by atoms with van der Waals surface area (Å²) in [6, 6.07) is 2.91. The molecule has 0 aromatic carbocycles. The molecule has 1 aromatic rings. The molecule has 1 aromatic heterocycles. The van der Waals surface area contributed by atoms with Gasteiger partial charge < -0.3 is 10.2 Å². The van der Waals surface area contributed by atoms with E-state index in [9.17, 15) is 4.79 Å². The number of nitrogens with two attached hydrogens (primary N) is 1. The molecule has 0 aliphatic heterocycles. The van der Waals surface area contributed by atoms with Gasteiger partial charge in [-0.1, -0.05) is 0 Å². The van der Waals surface area contributed by atoms with Crippen molar-refractivity contribution in [3.8, 4) is 0 Å². The third-order valence-electron chi connectivity index (χ3n) is 1.37. The van der Waals surface area contributed by atoms with Crippen molar-refractivity contribution in [1.82, 2.24) is 5.43 Å². The largest absolute Gasteiger partial charge is 0.465 e. The number of primary amides is 1. The van der Waals surface area contributed by atoms with Crippen LogP contribution in [0.3, 0.4) is 0 Å². The molecule has 0 saturated carbocycles. The highest BCUT2D eigenvalue weighted by Gasteiger charge is 1.89. The quantitative estimate of drug-likeness (QED) is 0.561. The van der Waals surface area contributed by atoms with Crippen LogP contribution in [0.5, 0.6) is 0 Å². The zero-order valence-corrected chi connectivity index (χ0v) is 7.73. The van der Waals surface area contributed by atoms with E-state index in [1.54, 1.807) is 31.4 Å². The van der Waals surface area contributed by atoms with Gasteiger partial charge in [0, 0.05) is 0 Å². The van der Waals surface area contributed by atoms with Gasteiger partial charge in [-0.05, 0) is 31.2 Å². The van der Waals surface area contributed by atoms with Crippen molar-refractivity contribution < 1.29 is 9.21 Å². The smallest absolute Gasteiger partial charge is 0.332 e. The van der Waals surface area contributed by atoms with E-state index in [2.05, 4.69) is 10.5 Å². The van der Waals surface area contributed by atoms with E-state index < -0.39 is 6.03 Å². The lowest BCUT2D eigenvalue weighted by Crippen LogP contribution is -2.25. The first-order valence-electron chi connectivity index (χ1n) is 4.00. The second kappa shape index (κ2) is 4.86. The average molecular weight is 193 g/mol. The maximum atomic E-state index is 10.3. The fourth-order valence-corrected chi connectivity index (χ4v) is 0.769. The van der Waals surface area contributed by atoms with Crippen molar-refractivity contribution in [1.29, 1.82) is 0 Å². The zero-order chi connectivity index (χ0) is 10.4. The van der Waals surface area contributed by atoms with E-state index in [1.807, 2.05) is 6.07 Å². The number of hydrogen-bond acceptors (Lipinski definition) is 3. The van der Waals surface area contributed by atoms with Crippen LogP contribution in [-0.4, -0.2) is 11.7 Å². The minimum absolute atomic E-state index is 0.625. The molecule has 0 unspecified atom stereocenters. The second-order valence-corrected chi connectivity index (χ2v) is 2.58. The van der Waals surface area contributed by atoms with Crippen LogP contribution in [0.25, 0.3) is 6.08 Å². The number of urea groups is 1. The maximum Gasteiger partial charge on any atom is 0.332 e. The standard InChI is InChI=1S/C9H11N3O2/c1-7(11-12-9(10)13)4-5-8-3-2-6-14-8/h2-6H,1H3,(H3,10,12,13). The predicted molar refractivity (Wildman–Crippen MR) is 53.6 cm³/mol. The van der Waals surface area contributed by atoms with Crippen LogP contribution in [0.4, 0.5) is 4.79 Å². The van der Waals surface area contributed by atoms with Crippen LogP contribution in [0.1, 0.15) is 12.7 Å². The molecule has 74 valence electrons. The van der Waals surface area contributed by atoms with Gasteiger partial charge in [-0.15, -0.1) is 0 Å².